The lowest BCUT2D eigenvalue weighted by Gasteiger charge is -2.20. The number of primary sulfonamides is 1. The van der Waals surface area contributed by atoms with Crippen molar-refractivity contribution in [1.82, 2.24) is 9.29 Å². The van der Waals surface area contributed by atoms with Crippen LogP contribution in [-0.4, -0.2) is 45.1 Å². The molecule has 0 saturated carbocycles. The van der Waals surface area contributed by atoms with Crippen LogP contribution in [0.5, 0.6) is 0 Å². The lowest BCUT2D eigenvalue weighted by molar-refractivity contribution is 0.102. The number of fused-ring (bicyclic) bond motifs is 1. The first-order valence-electron chi connectivity index (χ1n) is 9.65. The SMILES string of the molecule is N#CCCN(CCC#N)S(=O)(=O)c1ccc(C(=O)Nc2nc3ccc(S(N)(=O)=O)cc3s2)cc1. The highest BCUT2D eigenvalue weighted by Crippen LogP contribution is 2.28. The Bertz CT molecular complexity index is 1500. The molecule has 14 heteroatoms. The molecule has 0 aliphatic carbocycles. The monoisotopic (exact) mass is 518 g/mol. The fourth-order valence-electron chi connectivity index (χ4n) is 2.93. The Morgan fingerprint density at radius 2 is 1.59 bits per heavy atom. The van der Waals surface area contributed by atoms with Crippen molar-refractivity contribution < 1.29 is 21.6 Å². The van der Waals surface area contributed by atoms with Gasteiger partial charge in [0.25, 0.3) is 5.91 Å². The third-order valence-electron chi connectivity index (χ3n) is 4.61. The molecule has 34 heavy (non-hydrogen) atoms. The standard InChI is InChI=1S/C20H18N6O5S3/c21-9-1-11-26(12-2-10-22)34(30,31)15-5-3-14(4-6-15)19(27)25-20-24-17-8-7-16(33(23,28)29)13-18(17)32-20/h3-8,13H,1-2,11-12H2,(H2,23,28,29)(H,24,25,27). The van der Waals surface area contributed by atoms with Gasteiger partial charge in [-0.15, -0.1) is 0 Å². The third kappa shape index (κ3) is 5.74. The molecule has 0 aliphatic rings. The number of carbonyl (C=O) groups excluding carboxylic acids is 1. The first-order chi connectivity index (χ1) is 16.1. The van der Waals surface area contributed by atoms with Crippen molar-refractivity contribution in [3.63, 3.8) is 0 Å². The van der Waals surface area contributed by atoms with Gasteiger partial charge in [-0.3, -0.25) is 10.1 Å². The molecule has 11 nitrogen and oxygen atoms in total. The van der Waals surface area contributed by atoms with E-state index in [4.69, 9.17) is 15.7 Å². The number of amides is 1. The Kier molecular flexibility index (Phi) is 7.61. The molecule has 0 atom stereocenters. The maximum absolute atomic E-state index is 12.9. The van der Waals surface area contributed by atoms with Crippen LogP contribution in [0.2, 0.25) is 0 Å². The zero-order chi connectivity index (χ0) is 24.9. The fraction of sp³-hybridized carbons (Fsp3) is 0.200. The summed E-state index contributed by atoms with van der Waals surface area (Å²) in [6.07, 6.45) is -0.0436. The molecule has 0 spiro atoms. The number of nitrogens with two attached hydrogens (primary N) is 1. The maximum atomic E-state index is 12.9. The van der Waals surface area contributed by atoms with E-state index in [9.17, 15) is 21.6 Å². The molecule has 2 aromatic carbocycles. The lowest BCUT2D eigenvalue weighted by atomic mass is 10.2. The van der Waals surface area contributed by atoms with E-state index >= 15 is 0 Å². The van der Waals surface area contributed by atoms with Gasteiger partial charge in [0, 0.05) is 31.5 Å². The topological polar surface area (TPSA) is 187 Å². The van der Waals surface area contributed by atoms with Crippen LogP contribution in [0.3, 0.4) is 0 Å². The van der Waals surface area contributed by atoms with Crippen molar-refractivity contribution in [2.45, 2.75) is 22.6 Å². The summed E-state index contributed by atoms with van der Waals surface area (Å²) < 4.78 is 50.3. The molecule has 3 rings (SSSR count). The van der Waals surface area contributed by atoms with Crippen LogP contribution in [0, 0.1) is 22.7 Å². The molecule has 3 N–H and O–H groups in total. The molecular formula is C20H18N6O5S3. The van der Waals surface area contributed by atoms with E-state index in [1.165, 1.54) is 42.5 Å². The molecule has 0 saturated heterocycles. The second kappa shape index (κ2) is 10.3. The number of thiazole rings is 1. The number of aromatic nitrogens is 1. The molecule has 1 heterocycles. The summed E-state index contributed by atoms with van der Waals surface area (Å²) in [6.45, 7) is -0.0962. The third-order valence-corrected chi connectivity index (χ3v) is 8.37. The Balaban J connectivity index is 1.78. The lowest BCUT2D eigenvalue weighted by Crippen LogP contribution is -2.32. The van der Waals surface area contributed by atoms with Crippen LogP contribution in [-0.2, 0) is 20.0 Å². The molecule has 0 bridgehead atoms. The first-order valence-corrected chi connectivity index (χ1v) is 13.5. The molecular weight excluding hydrogens is 500 g/mol. The summed E-state index contributed by atoms with van der Waals surface area (Å²) >= 11 is 1.06. The van der Waals surface area contributed by atoms with Gasteiger partial charge in [-0.05, 0) is 42.5 Å². The summed E-state index contributed by atoms with van der Waals surface area (Å²) in [4.78, 5) is 16.7. The Morgan fingerprint density at radius 1 is 1.00 bits per heavy atom. The van der Waals surface area contributed by atoms with E-state index in [-0.39, 0.29) is 46.4 Å². The highest BCUT2D eigenvalue weighted by molar-refractivity contribution is 7.89. The molecule has 0 unspecified atom stereocenters. The summed E-state index contributed by atoms with van der Waals surface area (Å²) in [5.41, 5.74) is 0.646. The number of carbonyl (C=O) groups is 1. The number of hydrogen-bond acceptors (Lipinski definition) is 9. The number of nitrogens with zero attached hydrogens (tertiary/aromatic N) is 4. The normalized spacial score (nSPS) is 11.8. The van der Waals surface area contributed by atoms with Gasteiger partial charge >= 0.3 is 0 Å². The van der Waals surface area contributed by atoms with Crippen LogP contribution in [0.1, 0.15) is 23.2 Å². The van der Waals surface area contributed by atoms with Crippen molar-refractivity contribution >= 4 is 52.6 Å². The van der Waals surface area contributed by atoms with E-state index in [0.717, 1.165) is 15.6 Å². The molecule has 0 radical (unpaired) electrons. The molecule has 3 aromatic rings. The number of anilines is 1. The average Bonchev–Trinajstić information content (AvgIpc) is 3.20. The van der Waals surface area contributed by atoms with Crippen molar-refractivity contribution in [1.29, 1.82) is 10.5 Å². The van der Waals surface area contributed by atoms with Gasteiger partial charge in [-0.1, -0.05) is 11.3 Å². The minimum atomic E-state index is -3.95. The van der Waals surface area contributed by atoms with Crippen molar-refractivity contribution in [2.24, 2.45) is 5.14 Å². The number of nitrogens with one attached hydrogen (secondary N) is 1. The van der Waals surface area contributed by atoms with Crippen LogP contribution >= 0.6 is 11.3 Å². The van der Waals surface area contributed by atoms with E-state index in [1.54, 1.807) is 0 Å². The number of sulfonamides is 2. The van der Waals surface area contributed by atoms with Crippen molar-refractivity contribution in [3.05, 3.63) is 48.0 Å². The van der Waals surface area contributed by atoms with Gasteiger partial charge in [0.15, 0.2) is 5.13 Å². The van der Waals surface area contributed by atoms with Gasteiger partial charge in [-0.2, -0.15) is 14.8 Å². The highest BCUT2D eigenvalue weighted by Gasteiger charge is 2.24. The summed E-state index contributed by atoms with van der Waals surface area (Å²) in [5, 5.41) is 25.5. The van der Waals surface area contributed by atoms with Crippen molar-refractivity contribution in [3.8, 4) is 12.1 Å². The van der Waals surface area contributed by atoms with Gasteiger partial charge in [0.1, 0.15) is 0 Å². The minimum Gasteiger partial charge on any atom is -0.298 e. The quantitative estimate of drug-likeness (QED) is 0.430. The van der Waals surface area contributed by atoms with Gasteiger partial charge in [-0.25, -0.2) is 27.0 Å². The largest absolute Gasteiger partial charge is 0.298 e. The first kappa shape index (κ1) is 25.2. The van der Waals surface area contributed by atoms with Crippen LogP contribution in [0.15, 0.2) is 52.3 Å². The van der Waals surface area contributed by atoms with E-state index in [1.807, 2.05) is 12.1 Å². The molecule has 0 aliphatic heterocycles. The number of benzene rings is 2. The Morgan fingerprint density at radius 3 is 2.15 bits per heavy atom. The average molecular weight is 519 g/mol. The summed E-state index contributed by atoms with van der Waals surface area (Å²) in [6, 6.07) is 13.1. The van der Waals surface area contributed by atoms with Gasteiger partial charge in [0.2, 0.25) is 20.0 Å². The Labute approximate surface area is 200 Å². The molecule has 0 fully saturated rings. The van der Waals surface area contributed by atoms with Crippen LogP contribution < -0.4 is 10.5 Å². The van der Waals surface area contributed by atoms with E-state index in [2.05, 4.69) is 10.3 Å². The smallest absolute Gasteiger partial charge is 0.257 e. The van der Waals surface area contributed by atoms with E-state index < -0.39 is 26.0 Å². The summed E-state index contributed by atoms with van der Waals surface area (Å²) in [5.74, 6) is -0.541. The predicted octanol–water partition coefficient (Wildman–Crippen LogP) is 2.01. The number of rotatable bonds is 9. The second-order valence-electron chi connectivity index (χ2n) is 6.89. The van der Waals surface area contributed by atoms with Gasteiger partial charge < -0.3 is 0 Å². The second-order valence-corrected chi connectivity index (χ2v) is 11.4. The highest BCUT2D eigenvalue weighted by atomic mass is 32.2. The van der Waals surface area contributed by atoms with Gasteiger partial charge in [0.05, 0.1) is 32.1 Å². The molecule has 1 amide bonds. The fourth-order valence-corrected chi connectivity index (χ4v) is 5.89. The number of hydrogen-bond donors (Lipinski definition) is 2. The summed E-state index contributed by atoms with van der Waals surface area (Å²) in [7, 11) is -7.83. The minimum absolute atomic E-state index is 0.0218. The number of nitriles is 2. The van der Waals surface area contributed by atoms with Crippen LogP contribution in [0.25, 0.3) is 10.2 Å². The zero-order valence-electron chi connectivity index (χ0n) is 17.5. The maximum Gasteiger partial charge on any atom is 0.257 e. The molecule has 176 valence electrons. The van der Waals surface area contributed by atoms with E-state index in [0.29, 0.717) is 10.2 Å². The van der Waals surface area contributed by atoms with Crippen LogP contribution in [0.4, 0.5) is 5.13 Å². The zero-order valence-corrected chi connectivity index (χ0v) is 20.0. The van der Waals surface area contributed by atoms with Crippen molar-refractivity contribution in [2.75, 3.05) is 18.4 Å². The Hall–Kier alpha value is -3.40. The predicted molar refractivity (Wildman–Crippen MR) is 125 cm³/mol. The molecule has 1 aromatic heterocycles.